The molecule has 4 heteroatoms. The maximum Gasteiger partial charge on any atom is 0.310 e. The van der Waals surface area contributed by atoms with Crippen LogP contribution in [-0.2, 0) is 14.3 Å². The number of esters is 1. The zero-order valence-corrected chi connectivity index (χ0v) is 9.66. The Kier molecular flexibility index (Phi) is 4.12. The Morgan fingerprint density at radius 2 is 2.07 bits per heavy atom. The summed E-state index contributed by atoms with van der Waals surface area (Å²) in [4.78, 5) is 24.7. The molecule has 1 atom stereocenters. The van der Waals surface area contributed by atoms with Crippen LogP contribution in [0.4, 0.5) is 0 Å². The third-order valence-electron chi connectivity index (χ3n) is 2.72. The smallest absolute Gasteiger partial charge is 0.310 e. The molecule has 1 fully saturated rings. The summed E-state index contributed by atoms with van der Waals surface area (Å²) < 4.78 is 4.64. The van der Waals surface area contributed by atoms with Gasteiger partial charge in [-0.05, 0) is 19.8 Å². The summed E-state index contributed by atoms with van der Waals surface area (Å²) in [6.45, 7) is 4.86. The largest absolute Gasteiger partial charge is 0.469 e. The lowest BCUT2D eigenvalue weighted by Gasteiger charge is -2.23. The van der Waals surface area contributed by atoms with E-state index in [-0.39, 0.29) is 23.7 Å². The van der Waals surface area contributed by atoms with Crippen LogP contribution in [-0.4, -0.2) is 37.0 Å². The summed E-state index contributed by atoms with van der Waals surface area (Å²) in [6.07, 6.45) is 2.00. The van der Waals surface area contributed by atoms with E-state index in [4.69, 9.17) is 0 Å². The topological polar surface area (TPSA) is 46.6 Å². The standard InChI is InChI=1S/C11H19NO3/c1-4-12(10(13)9-5-6-9)7-8(2)11(14)15-3/h8-9H,4-7H2,1-3H3. The number of rotatable bonds is 5. The van der Waals surface area contributed by atoms with Crippen LogP contribution in [0.5, 0.6) is 0 Å². The van der Waals surface area contributed by atoms with E-state index in [2.05, 4.69) is 4.74 Å². The summed E-state index contributed by atoms with van der Waals surface area (Å²) in [7, 11) is 1.37. The molecule has 1 rings (SSSR count). The molecule has 0 N–H and O–H groups in total. The maximum atomic E-state index is 11.8. The van der Waals surface area contributed by atoms with Gasteiger partial charge < -0.3 is 9.64 Å². The highest BCUT2D eigenvalue weighted by Gasteiger charge is 2.33. The van der Waals surface area contributed by atoms with Gasteiger partial charge in [0, 0.05) is 19.0 Å². The van der Waals surface area contributed by atoms with E-state index in [1.54, 1.807) is 11.8 Å². The van der Waals surface area contributed by atoms with E-state index in [1.165, 1.54) is 7.11 Å². The summed E-state index contributed by atoms with van der Waals surface area (Å²) in [6, 6.07) is 0. The van der Waals surface area contributed by atoms with E-state index < -0.39 is 0 Å². The molecule has 0 bridgehead atoms. The molecule has 0 aromatic heterocycles. The summed E-state index contributed by atoms with van der Waals surface area (Å²) in [5.74, 6) is -0.0854. The lowest BCUT2D eigenvalue weighted by molar-refractivity contribution is -0.146. The highest BCUT2D eigenvalue weighted by Crippen LogP contribution is 2.31. The zero-order valence-electron chi connectivity index (χ0n) is 9.66. The van der Waals surface area contributed by atoms with Gasteiger partial charge in [0.05, 0.1) is 13.0 Å². The average Bonchev–Trinajstić information content (AvgIpc) is 3.06. The van der Waals surface area contributed by atoms with E-state index in [1.807, 2.05) is 6.92 Å². The number of carbonyl (C=O) groups excluding carboxylic acids is 2. The number of amides is 1. The third kappa shape index (κ3) is 3.22. The first-order valence-electron chi connectivity index (χ1n) is 5.46. The number of methoxy groups -OCH3 is 1. The van der Waals surface area contributed by atoms with Crippen molar-refractivity contribution in [3.8, 4) is 0 Å². The van der Waals surface area contributed by atoms with Crippen molar-refractivity contribution in [2.24, 2.45) is 11.8 Å². The summed E-state index contributed by atoms with van der Waals surface area (Å²) in [5.41, 5.74) is 0. The molecule has 1 aliphatic carbocycles. The van der Waals surface area contributed by atoms with Gasteiger partial charge in [-0.2, -0.15) is 0 Å². The van der Waals surface area contributed by atoms with Crippen LogP contribution in [0.1, 0.15) is 26.7 Å². The second-order valence-electron chi connectivity index (χ2n) is 4.08. The number of hydrogen-bond donors (Lipinski definition) is 0. The van der Waals surface area contributed by atoms with Gasteiger partial charge in [0.15, 0.2) is 0 Å². The molecule has 0 aliphatic heterocycles. The molecular formula is C11H19NO3. The minimum Gasteiger partial charge on any atom is -0.469 e. The molecule has 1 unspecified atom stereocenters. The van der Waals surface area contributed by atoms with Gasteiger partial charge in [-0.15, -0.1) is 0 Å². The van der Waals surface area contributed by atoms with Gasteiger partial charge in [0.2, 0.25) is 5.91 Å². The average molecular weight is 213 g/mol. The fraction of sp³-hybridized carbons (Fsp3) is 0.818. The van der Waals surface area contributed by atoms with Gasteiger partial charge in [0.1, 0.15) is 0 Å². The molecule has 1 amide bonds. The Bertz CT molecular complexity index is 248. The van der Waals surface area contributed by atoms with Crippen molar-refractivity contribution in [1.29, 1.82) is 0 Å². The van der Waals surface area contributed by atoms with Crippen molar-refractivity contribution in [1.82, 2.24) is 4.90 Å². The summed E-state index contributed by atoms with van der Waals surface area (Å²) >= 11 is 0. The molecule has 0 radical (unpaired) electrons. The van der Waals surface area contributed by atoms with Crippen molar-refractivity contribution in [2.75, 3.05) is 20.2 Å². The second kappa shape index (κ2) is 5.14. The summed E-state index contributed by atoms with van der Waals surface area (Å²) in [5, 5.41) is 0. The Morgan fingerprint density at radius 1 is 1.47 bits per heavy atom. The predicted molar refractivity (Wildman–Crippen MR) is 56.2 cm³/mol. The van der Waals surface area contributed by atoms with Crippen LogP contribution in [0.2, 0.25) is 0 Å². The number of nitrogens with zero attached hydrogens (tertiary/aromatic N) is 1. The molecule has 0 aromatic carbocycles. The number of ether oxygens (including phenoxy) is 1. The quantitative estimate of drug-likeness (QED) is 0.641. The monoisotopic (exact) mass is 213 g/mol. The SMILES string of the molecule is CCN(CC(C)C(=O)OC)C(=O)C1CC1. The highest BCUT2D eigenvalue weighted by atomic mass is 16.5. The fourth-order valence-corrected chi connectivity index (χ4v) is 1.57. The molecule has 4 nitrogen and oxygen atoms in total. The van der Waals surface area contributed by atoms with E-state index >= 15 is 0 Å². The Morgan fingerprint density at radius 3 is 2.47 bits per heavy atom. The number of carbonyl (C=O) groups is 2. The van der Waals surface area contributed by atoms with Crippen LogP contribution >= 0.6 is 0 Å². The van der Waals surface area contributed by atoms with E-state index in [0.29, 0.717) is 13.1 Å². The van der Waals surface area contributed by atoms with Crippen molar-refractivity contribution >= 4 is 11.9 Å². The van der Waals surface area contributed by atoms with Crippen LogP contribution in [0.15, 0.2) is 0 Å². The van der Waals surface area contributed by atoms with Gasteiger partial charge in [-0.1, -0.05) is 6.92 Å². The van der Waals surface area contributed by atoms with E-state index in [9.17, 15) is 9.59 Å². The molecule has 15 heavy (non-hydrogen) atoms. The third-order valence-corrected chi connectivity index (χ3v) is 2.72. The first-order valence-corrected chi connectivity index (χ1v) is 5.46. The molecule has 86 valence electrons. The minimum atomic E-state index is -0.253. The molecule has 0 spiro atoms. The predicted octanol–water partition coefficient (Wildman–Crippen LogP) is 1.05. The van der Waals surface area contributed by atoms with Crippen LogP contribution in [0.3, 0.4) is 0 Å². The molecule has 1 saturated carbocycles. The van der Waals surface area contributed by atoms with Crippen molar-refractivity contribution in [3.05, 3.63) is 0 Å². The molecular weight excluding hydrogens is 194 g/mol. The Hall–Kier alpha value is -1.06. The van der Waals surface area contributed by atoms with Crippen molar-refractivity contribution in [3.63, 3.8) is 0 Å². The normalized spacial score (nSPS) is 17.0. The molecule has 0 aromatic rings. The minimum absolute atomic E-state index is 0.188. The van der Waals surface area contributed by atoms with Crippen molar-refractivity contribution in [2.45, 2.75) is 26.7 Å². The highest BCUT2D eigenvalue weighted by molar-refractivity contribution is 5.81. The molecule has 0 saturated heterocycles. The number of hydrogen-bond acceptors (Lipinski definition) is 3. The Labute approximate surface area is 90.6 Å². The van der Waals surface area contributed by atoms with Gasteiger partial charge in [-0.25, -0.2) is 0 Å². The molecule has 1 aliphatic rings. The lowest BCUT2D eigenvalue weighted by Crippen LogP contribution is -2.37. The first kappa shape index (κ1) is 12.0. The Balaban J connectivity index is 2.44. The van der Waals surface area contributed by atoms with Crippen LogP contribution < -0.4 is 0 Å². The van der Waals surface area contributed by atoms with Crippen LogP contribution in [0, 0.1) is 11.8 Å². The maximum absolute atomic E-state index is 11.8. The van der Waals surface area contributed by atoms with Gasteiger partial charge in [-0.3, -0.25) is 9.59 Å². The van der Waals surface area contributed by atoms with Gasteiger partial charge >= 0.3 is 5.97 Å². The lowest BCUT2D eigenvalue weighted by atomic mass is 10.1. The zero-order chi connectivity index (χ0) is 11.4. The molecule has 0 heterocycles. The second-order valence-corrected chi connectivity index (χ2v) is 4.08. The first-order chi connectivity index (χ1) is 7.10. The van der Waals surface area contributed by atoms with Gasteiger partial charge in [0.25, 0.3) is 0 Å². The van der Waals surface area contributed by atoms with E-state index in [0.717, 1.165) is 12.8 Å². The fourth-order valence-electron chi connectivity index (χ4n) is 1.57. The van der Waals surface area contributed by atoms with Crippen molar-refractivity contribution < 1.29 is 14.3 Å². The van der Waals surface area contributed by atoms with Crippen LogP contribution in [0.25, 0.3) is 0 Å².